The first-order valence-electron chi connectivity index (χ1n) is 7.92. The largest absolute Gasteiger partial charge is 0.225 e. The summed E-state index contributed by atoms with van der Waals surface area (Å²) in [6.07, 6.45) is 6.02. The first kappa shape index (κ1) is 15.2. The monoisotopic (exact) mass is 376 g/mol. The second-order valence-electron chi connectivity index (χ2n) is 6.09. The summed E-state index contributed by atoms with van der Waals surface area (Å²) in [5, 5.41) is 5.46. The summed E-state index contributed by atoms with van der Waals surface area (Å²) >= 11 is 7.77. The summed E-state index contributed by atoms with van der Waals surface area (Å²) in [7, 11) is 0. The van der Waals surface area contributed by atoms with Gasteiger partial charge < -0.3 is 0 Å². The van der Waals surface area contributed by atoms with Crippen LogP contribution in [0.15, 0.2) is 18.5 Å². The Labute approximate surface area is 150 Å². The van der Waals surface area contributed by atoms with Gasteiger partial charge in [0.05, 0.1) is 10.4 Å². The predicted molar refractivity (Wildman–Crippen MR) is 93.2 cm³/mol. The van der Waals surface area contributed by atoms with E-state index in [0.29, 0.717) is 5.65 Å². The van der Waals surface area contributed by atoms with E-state index < -0.39 is 11.6 Å². The Kier molecular flexibility index (Phi) is 3.30. The number of thiophene rings is 1. The summed E-state index contributed by atoms with van der Waals surface area (Å²) in [4.78, 5) is 11.4. The van der Waals surface area contributed by atoms with Gasteiger partial charge in [0, 0.05) is 10.4 Å². The van der Waals surface area contributed by atoms with Gasteiger partial charge in [-0.25, -0.2) is 23.3 Å². The van der Waals surface area contributed by atoms with Gasteiger partial charge in [-0.05, 0) is 43.4 Å². The van der Waals surface area contributed by atoms with Crippen molar-refractivity contribution < 1.29 is 8.78 Å². The van der Waals surface area contributed by atoms with Crippen LogP contribution in [0.4, 0.5) is 8.78 Å². The number of hydrogen-bond acceptors (Lipinski definition) is 4. The second kappa shape index (κ2) is 5.44. The zero-order valence-corrected chi connectivity index (χ0v) is 14.5. The van der Waals surface area contributed by atoms with Crippen molar-refractivity contribution in [3.63, 3.8) is 0 Å². The van der Waals surface area contributed by atoms with Gasteiger partial charge in [0.2, 0.25) is 0 Å². The zero-order chi connectivity index (χ0) is 17.1. The Morgan fingerprint density at radius 2 is 1.92 bits per heavy atom. The molecule has 5 rings (SSSR count). The standard InChI is InChI=1S/C17H11ClF2N4S/c18-10-6-12(20)11(19)5-9(10)15-22-16-14-8-3-1-2-4-13(8)25-17(14)21-7-24(16)23-15/h5-7H,1-4H2. The first-order chi connectivity index (χ1) is 12.1. The summed E-state index contributed by atoms with van der Waals surface area (Å²) in [6.45, 7) is 0. The van der Waals surface area contributed by atoms with E-state index in [-0.39, 0.29) is 16.4 Å². The fraction of sp³-hybridized carbons (Fsp3) is 0.235. The minimum atomic E-state index is -0.992. The lowest BCUT2D eigenvalue weighted by atomic mass is 9.97. The average Bonchev–Trinajstić information content (AvgIpc) is 3.18. The van der Waals surface area contributed by atoms with Crippen molar-refractivity contribution >= 4 is 38.8 Å². The Morgan fingerprint density at radius 1 is 1.12 bits per heavy atom. The first-order valence-corrected chi connectivity index (χ1v) is 9.12. The second-order valence-corrected chi connectivity index (χ2v) is 7.58. The molecule has 0 spiro atoms. The van der Waals surface area contributed by atoms with E-state index in [9.17, 15) is 8.78 Å². The van der Waals surface area contributed by atoms with Gasteiger partial charge in [-0.2, -0.15) is 0 Å². The summed E-state index contributed by atoms with van der Waals surface area (Å²) in [5.41, 5.74) is 2.24. The van der Waals surface area contributed by atoms with Gasteiger partial charge in [-0.15, -0.1) is 16.4 Å². The maximum Gasteiger partial charge on any atom is 0.183 e. The molecule has 3 aromatic heterocycles. The lowest BCUT2D eigenvalue weighted by Crippen LogP contribution is -1.99. The Bertz CT molecular complexity index is 1150. The lowest BCUT2D eigenvalue weighted by Gasteiger charge is -2.09. The molecule has 1 aliphatic carbocycles. The predicted octanol–water partition coefficient (Wildman–Crippen LogP) is 4.82. The summed E-state index contributed by atoms with van der Waals surface area (Å²) in [6, 6.07) is 1.97. The SMILES string of the molecule is Fc1cc(Cl)c(-c2nc3c4c5c(sc4ncn3n2)CCCC5)cc1F. The molecule has 0 unspecified atom stereocenters. The highest BCUT2D eigenvalue weighted by Crippen LogP contribution is 2.37. The van der Waals surface area contributed by atoms with E-state index in [2.05, 4.69) is 15.1 Å². The highest BCUT2D eigenvalue weighted by atomic mass is 35.5. The van der Waals surface area contributed by atoms with Crippen LogP contribution in [0, 0.1) is 11.6 Å². The van der Waals surface area contributed by atoms with Gasteiger partial charge >= 0.3 is 0 Å². The van der Waals surface area contributed by atoms with Gasteiger partial charge in [0.1, 0.15) is 11.2 Å². The molecule has 0 N–H and O–H groups in total. The van der Waals surface area contributed by atoms with Crippen molar-refractivity contribution in [1.82, 2.24) is 19.6 Å². The van der Waals surface area contributed by atoms with Crippen LogP contribution in [0.25, 0.3) is 27.3 Å². The van der Waals surface area contributed by atoms with Gasteiger partial charge in [-0.3, -0.25) is 0 Å². The van der Waals surface area contributed by atoms with Crippen LogP contribution < -0.4 is 0 Å². The van der Waals surface area contributed by atoms with Crippen molar-refractivity contribution in [3.8, 4) is 11.4 Å². The lowest BCUT2D eigenvalue weighted by molar-refractivity contribution is 0.509. The van der Waals surface area contributed by atoms with Crippen LogP contribution in [0.2, 0.25) is 5.02 Å². The smallest absolute Gasteiger partial charge is 0.183 e. The number of halogens is 3. The van der Waals surface area contributed by atoms with E-state index >= 15 is 0 Å². The number of aromatic nitrogens is 4. The van der Waals surface area contributed by atoms with Gasteiger partial charge in [-0.1, -0.05) is 11.6 Å². The van der Waals surface area contributed by atoms with Crippen LogP contribution in [-0.2, 0) is 12.8 Å². The Balaban J connectivity index is 1.78. The molecule has 0 bridgehead atoms. The van der Waals surface area contributed by atoms with Gasteiger partial charge in [0.15, 0.2) is 23.1 Å². The molecule has 3 heterocycles. The number of hydrogen-bond donors (Lipinski definition) is 0. The van der Waals surface area contributed by atoms with Crippen LogP contribution in [0.5, 0.6) is 0 Å². The van der Waals surface area contributed by atoms with Crippen LogP contribution in [-0.4, -0.2) is 19.6 Å². The highest BCUT2D eigenvalue weighted by Gasteiger charge is 2.22. The van der Waals surface area contributed by atoms with E-state index in [1.54, 1.807) is 22.2 Å². The molecule has 25 heavy (non-hydrogen) atoms. The van der Waals surface area contributed by atoms with Crippen LogP contribution >= 0.6 is 22.9 Å². The summed E-state index contributed by atoms with van der Waals surface area (Å²) in [5.74, 6) is -1.71. The van der Waals surface area contributed by atoms with Crippen molar-refractivity contribution in [2.24, 2.45) is 0 Å². The molecule has 0 saturated carbocycles. The third-order valence-corrected chi connectivity index (χ3v) is 6.06. The Morgan fingerprint density at radius 3 is 2.80 bits per heavy atom. The molecule has 0 amide bonds. The third kappa shape index (κ3) is 2.26. The fourth-order valence-corrected chi connectivity index (χ4v) is 4.82. The average molecular weight is 377 g/mol. The molecule has 0 radical (unpaired) electrons. The number of fused-ring (bicyclic) bond motifs is 5. The zero-order valence-electron chi connectivity index (χ0n) is 12.9. The normalized spacial score (nSPS) is 14.4. The van der Waals surface area contributed by atoms with Crippen molar-refractivity contribution in [2.75, 3.05) is 0 Å². The number of aryl methyl sites for hydroxylation is 2. The molecular weight excluding hydrogens is 366 g/mol. The van der Waals surface area contributed by atoms with E-state index in [1.807, 2.05) is 0 Å². The number of nitrogens with zero attached hydrogens (tertiary/aromatic N) is 4. The maximum absolute atomic E-state index is 13.6. The molecule has 0 atom stereocenters. The highest BCUT2D eigenvalue weighted by molar-refractivity contribution is 7.19. The quantitative estimate of drug-likeness (QED) is 0.447. The van der Waals surface area contributed by atoms with E-state index in [0.717, 1.165) is 41.6 Å². The minimum Gasteiger partial charge on any atom is -0.225 e. The molecule has 8 heteroatoms. The molecule has 126 valence electrons. The Hall–Kier alpha value is -2.12. The summed E-state index contributed by atoms with van der Waals surface area (Å²) < 4.78 is 28.5. The topological polar surface area (TPSA) is 43.1 Å². The van der Waals surface area contributed by atoms with Crippen molar-refractivity contribution in [2.45, 2.75) is 25.7 Å². The maximum atomic E-state index is 13.6. The van der Waals surface area contributed by atoms with Crippen LogP contribution in [0.3, 0.4) is 0 Å². The molecule has 1 aliphatic rings. The van der Waals surface area contributed by atoms with Crippen LogP contribution in [0.1, 0.15) is 23.3 Å². The van der Waals surface area contributed by atoms with E-state index in [1.165, 1.54) is 16.9 Å². The number of benzene rings is 1. The molecule has 1 aromatic carbocycles. The molecule has 4 nitrogen and oxygen atoms in total. The molecule has 0 saturated heterocycles. The molecular formula is C17H11ClF2N4S. The molecule has 0 fully saturated rings. The molecule has 4 aromatic rings. The van der Waals surface area contributed by atoms with E-state index in [4.69, 9.17) is 11.6 Å². The third-order valence-electron chi connectivity index (χ3n) is 4.54. The minimum absolute atomic E-state index is 0.0753. The molecule has 0 aliphatic heterocycles. The fourth-order valence-electron chi connectivity index (χ4n) is 3.36. The van der Waals surface area contributed by atoms with Gasteiger partial charge in [0.25, 0.3) is 0 Å². The number of rotatable bonds is 1. The van der Waals surface area contributed by atoms with Crippen molar-refractivity contribution in [1.29, 1.82) is 0 Å². The van der Waals surface area contributed by atoms with Crippen molar-refractivity contribution in [3.05, 3.63) is 45.6 Å².